The van der Waals surface area contributed by atoms with Crippen molar-refractivity contribution in [2.45, 2.75) is 32.9 Å². The topological polar surface area (TPSA) is 23.6 Å². The van der Waals surface area contributed by atoms with Crippen molar-refractivity contribution < 1.29 is 4.79 Å². The molecule has 5 heteroatoms. The van der Waals surface area contributed by atoms with E-state index >= 15 is 0 Å². The van der Waals surface area contributed by atoms with Crippen LogP contribution in [0.5, 0.6) is 0 Å². The summed E-state index contributed by atoms with van der Waals surface area (Å²) in [6, 6.07) is 8.34. The number of piperidine rings is 1. The number of hydrogen-bond acceptors (Lipinski definition) is 4. The van der Waals surface area contributed by atoms with E-state index in [2.05, 4.69) is 46.8 Å². The van der Waals surface area contributed by atoms with Gasteiger partial charge >= 0.3 is 0 Å². The van der Waals surface area contributed by atoms with Crippen molar-refractivity contribution in [2.75, 3.05) is 19.6 Å². The first-order valence-electron chi connectivity index (χ1n) is 8.25. The second kappa shape index (κ2) is 8.08. The molecule has 3 heterocycles. The van der Waals surface area contributed by atoms with Gasteiger partial charge in [-0.15, -0.1) is 22.7 Å². The second-order valence-corrected chi connectivity index (χ2v) is 8.43. The largest absolute Gasteiger partial charge is 0.331 e. The molecule has 23 heavy (non-hydrogen) atoms. The lowest BCUT2D eigenvalue weighted by Crippen LogP contribution is -2.42. The minimum absolute atomic E-state index is 0.251. The van der Waals surface area contributed by atoms with Crippen molar-refractivity contribution >= 4 is 28.6 Å². The molecule has 3 rings (SSSR count). The van der Waals surface area contributed by atoms with Crippen molar-refractivity contribution in [3.05, 3.63) is 44.8 Å². The molecule has 0 radical (unpaired) electrons. The number of rotatable bonds is 6. The van der Waals surface area contributed by atoms with Gasteiger partial charge in [0.25, 0.3) is 0 Å². The van der Waals surface area contributed by atoms with Crippen LogP contribution >= 0.6 is 22.7 Å². The number of carbonyl (C=O) groups is 1. The van der Waals surface area contributed by atoms with Crippen LogP contribution < -0.4 is 0 Å². The summed E-state index contributed by atoms with van der Waals surface area (Å²) in [5.74, 6) is 1.05. The van der Waals surface area contributed by atoms with Gasteiger partial charge in [-0.05, 0) is 54.7 Å². The summed E-state index contributed by atoms with van der Waals surface area (Å²) in [6.07, 6.45) is 2.42. The SMILES string of the molecule is CC1CCN(CC(=O)N(Cc2cccs2)Cc2cccs2)CC1. The third-order valence-corrected chi connectivity index (χ3v) is 6.16. The smallest absolute Gasteiger partial charge is 0.237 e. The number of amides is 1. The maximum absolute atomic E-state index is 12.8. The van der Waals surface area contributed by atoms with Crippen LogP contribution in [0.2, 0.25) is 0 Å². The third-order valence-electron chi connectivity index (χ3n) is 4.44. The number of likely N-dealkylation sites (tertiary alicyclic amines) is 1. The minimum Gasteiger partial charge on any atom is -0.331 e. The highest BCUT2D eigenvalue weighted by molar-refractivity contribution is 7.10. The Bertz CT molecular complexity index is 550. The van der Waals surface area contributed by atoms with Crippen LogP contribution in [-0.4, -0.2) is 35.3 Å². The van der Waals surface area contributed by atoms with Crippen molar-refractivity contribution in [3.8, 4) is 0 Å². The fourth-order valence-electron chi connectivity index (χ4n) is 2.93. The maximum atomic E-state index is 12.8. The van der Waals surface area contributed by atoms with E-state index in [1.54, 1.807) is 22.7 Å². The van der Waals surface area contributed by atoms with Gasteiger partial charge in [0.1, 0.15) is 0 Å². The molecule has 2 aromatic heterocycles. The molecule has 124 valence electrons. The van der Waals surface area contributed by atoms with Crippen LogP contribution in [-0.2, 0) is 17.9 Å². The van der Waals surface area contributed by atoms with Crippen LogP contribution in [0.4, 0.5) is 0 Å². The molecule has 1 fully saturated rings. The molecule has 0 aromatic carbocycles. The van der Waals surface area contributed by atoms with Gasteiger partial charge < -0.3 is 4.90 Å². The summed E-state index contributed by atoms with van der Waals surface area (Å²) in [6.45, 7) is 6.41. The number of nitrogens with zero attached hydrogens (tertiary/aromatic N) is 2. The molecule has 0 bridgehead atoms. The normalized spacial score (nSPS) is 16.6. The molecule has 0 saturated carbocycles. The Morgan fingerprint density at radius 1 is 1.13 bits per heavy atom. The van der Waals surface area contributed by atoms with E-state index in [-0.39, 0.29) is 5.91 Å². The first-order valence-corrected chi connectivity index (χ1v) is 10.0. The van der Waals surface area contributed by atoms with Gasteiger partial charge in [0.15, 0.2) is 0 Å². The fraction of sp³-hybridized carbons (Fsp3) is 0.500. The van der Waals surface area contributed by atoms with Crippen molar-refractivity contribution in [3.63, 3.8) is 0 Å². The van der Waals surface area contributed by atoms with Crippen LogP contribution in [0.3, 0.4) is 0 Å². The Morgan fingerprint density at radius 2 is 1.70 bits per heavy atom. The highest BCUT2D eigenvalue weighted by Crippen LogP contribution is 2.19. The molecule has 0 spiro atoms. The van der Waals surface area contributed by atoms with Crippen LogP contribution in [0.1, 0.15) is 29.5 Å². The molecular formula is C18H24N2OS2. The van der Waals surface area contributed by atoms with Gasteiger partial charge in [0.05, 0.1) is 19.6 Å². The zero-order valence-electron chi connectivity index (χ0n) is 13.6. The van der Waals surface area contributed by atoms with Gasteiger partial charge in [0, 0.05) is 9.75 Å². The predicted molar refractivity (Wildman–Crippen MR) is 97.7 cm³/mol. The zero-order valence-corrected chi connectivity index (χ0v) is 15.2. The zero-order chi connectivity index (χ0) is 16.1. The fourth-order valence-corrected chi connectivity index (χ4v) is 4.36. The highest BCUT2D eigenvalue weighted by Gasteiger charge is 2.22. The molecule has 0 N–H and O–H groups in total. The average molecular weight is 349 g/mol. The number of thiophene rings is 2. The van der Waals surface area contributed by atoms with E-state index in [0.717, 1.165) is 32.1 Å². The summed E-state index contributed by atoms with van der Waals surface area (Å²) < 4.78 is 0. The Morgan fingerprint density at radius 3 is 2.17 bits per heavy atom. The standard InChI is InChI=1S/C18H24N2OS2/c1-15-6-8-19(9-7-15)14-18(21)20(12-16-4-2-10-22-16)13-17-5-3-11-23-17/h2-5,10-11,15H,6-9,12-14H2,1H3. The van der Waals surface area contributed by atoms with E-state index in [1.807, 2.05) is 4.90 Å². The molecule has 3 nitrogen and oxygen atoms in total. The Kier molecular flexibility index (Phi) is 5.86. The molecule has 1 aliphatic rings. The Labute approximate surface area is 146 Å². The molecule has 0 aliphatic carbocycles. The minimum atomic E-state index is 0.251. The summed E-state index contributed by atoms with van der Waals surface area (Å²) in [5.41, 5.74) is 0. The van der Waals surface area contributed by atoms with Gasteiger partial charge in [0.2, 0.25) is 5.91 Å². The van der Waals surface area contributed by atoms with E-state index in [4.69, 9.17) is 0 Å². The molecule has 2 aromatic rings. The monoisotopic (exact) mass is 348 g/mol. The van der Waals surface area contributed by atoms with Gasteiger partial charge in [-0.2, -0.15) is 0 Å². The molecule has 1 amide bonds. The van der Waals surface area contributed by atoms with E-state index in [9.17, 15) is 4.79 Å². The molecule has 0 atom stereocenters. The first kappa shape index (κ1) is 16.7. The Balaban J connectivity index is 1.62. The third kappa shape index (κ3) is 4.90. The van der Waals surface area contributed by atoms with Crippen molar-refractivity contribution in [2.24, 2.45) is 5.92 Å². The summed E-state index contributed by atoms with van der Waals surface area (Å²) >= 11 is 3.45. The highest BCUT2D eigenvalue weighted by atomic mass is 32.1. The lowest BCUT2D eigenvalue weighted by molar-refractivity contribution is -0.134. The first-order chi connectivity index (χ1) is 11.2. The van der Waals surface area contributed by atoms with Crippen LogP contribution in [0, 0.1) is 5.92 Å². The maximum Gasteiger partial charge on any atom is 0.237 e. The number of carbonyl (C=O) groups excluding carboxylic acids is 1. The van der Waals surface area contributed by atoms with Crippen LogP contribution in [0.25, 0.3) is 0 Å². The molecule has 1 aliphatic heterocycles. The predicted octanol–water partition coefficient (Wildman–Crippen LogP) is 4.07. The second-order valence-electron chi connectivity index (χ2n) is 6.37. The average Bonchev–Trinajstić information content (AvgIpc) is 3.22. The molecule has 0 unspecified atom stereocenters. The van der Waals surface area contributed by atoms with Crippen LogP contribution in [0.15, 0.2) is 35.0 Å². The molecular weight excluding hydrogens is 324 g/mol. The number of hydrogen-bond donors (Lipinski definition) is 0. The summed E-state index contributed by atoms with van der Waals surface area (Å²) in [5, 5.41) is 4.16. The van der Waals surface area contributed by atoms with E-state index in [0.29, 0.717) is 6.54 Å². The van der Waals surface area contributed by atoms with E-state index < -0.39 is 0 Å². The quantitative estimate of drug-likeness (QED) is 0.785. The van der Waals surface area contributed by atoms with Gasteiger partial charge in [-0.25, -0.2) is 0 Å². The van der Waals surface area contributed by atoms with Gasteiger partial charge in [-0.3, -0.25) is 9.69 Å². The van der Waals surface area contributed by atoms with Crippen molar-refractivity contribution in [1.29, 1.82) is 0 Å². The lowest BCUT2D eigenvalue weighted by Gasteiger charge is -2.31. The van der Waals surface area contributed by atoms with E-state index in [1.165, 1.54) is 22.6 Å². The lowest BCUT2D eigenvalue weighted by atomic mass is 9.99. The molecule has 1 saturated heterocycles. The van der Waals surface area contributed by atoms with Crippen molar-refractivity contribution in [1.82, 2.24) is 9.80 Å². The summed E-state index contributed by atoms with van der Waals surface area (Å²) in [7, 11) is 0. The van der Waals surface area contributed by atoms with Gasteiger partial charge in [-0.1, -0.05) is 19.1 Å². The Hall–Kier alpha value is -1.17. The summed E-state index contributed by atoms with van der Waals surface area (Å²) in [4.78, 5) is 19.7.